The van der Waals surface area contributed by atoms with Crippen LogP contribution < -0.4 is 5.32 Å². The quantitative estimate of drug-likeness (QED) is 0.380. The molecule has 12 heavy (non-hydrogen) atoms. The largest absolute Gasteiger partial charge is 0.462 e. The molecule has 0 amide bonds. The fourth-order valence-corrected chi connectivity index (χ4v) is 0.611. The summed E-state index contributed by atoms with van der Waals surface area (Å²) in [4.78, 5) is 11.0. The molecule has 1 N–H and O–H groups in total. The number of hydrogen-bond acceptors (Lipinski definition) is 4. The Bertz CT molecular complexity index is 238. The third-order valence-electron chi connectivity index (χ3n) is 1.34. The zero-order chi connectivity index (χ0) is 9.56. The van der Waals surface area contributed by atoms with Crippen LogP contribution in [0.4, 0.5) is 0 Å². The molecule has 4 heteroatoms. The predicted molar refractivity (Wildman–Crippen MR) is 44.0 cm³/mol. The van der Waals surface area contributed by atoms with Crippen LogP contribution in [-0.4, -0.2) is 19.6 Å². The normalized spacial score (nSPS) is 11.2. The second-order valence-corrected chi connectivity index (χ2v) is 2.08. The lowest BCUT2D eigenvalue weighted by molar-refractivity contribution is -0.138. The molecule has 0 saturated heterocycles. The number of hydrogen-bond donors (Lipinski definition) is 1. The molecule has 0 heterocycles. The van der Waals surface area contributed by atoms with Gasteiger partial charge in [0.05, 0.1) is 6.61 Å². The van der Waals surface area contributed by atoms with E-state index in [-0.39, 0.29) is 12.2 Å². The van der Waals surface area contributed by atoms with Crippen molar-refractivity contribution in [3.8, 4) is 6.07 Å². The SMILES string of the molecule is CCOC(=O)C(C#N)=C(C)NC. The highest BCUT2D eigenvalue weighted by atomic mass is 16.5. The molecule has 0 aliphatic rings. The molecule has 0 bridgehead atoms. The first-order chi connectivity index (χ1) is 5.67. The van der Waals surface area contributed by atoms with Crippen LogP contribution in [-0.2, 0) is 9.53 Å². The highest BCUT2D eigenvalue weighted by Crippen LogP contribution is 2.01. The first-order valence-corrected chi connectivity index (χ1v) is 3.63. The Morgan fingerprint density at radius 3 is 2.58 bits per heavy atom. The third kappa shape index (κ3) is 2.62. The number of nitrogens with one attached hydrogen (secondary N) is 1. The Labute approximate surface area is 71.8 Å². The van der Waals surface area contributed by atoms with Crippen LogP contribution in [0.15, 0.2) is 11.3 Å². The van der Waals surface area contributed by atoms with Gasteiger partial charge in [-0.05, 0) is 13.8 Å². The van der Waals surface area contributed by atoms with Gasteiger partial charge in [-0.25, -0.2) is 4.79 Å². The highest BCUT2D eigenvalue weighted by Gasteiger charge is 2.12. The van der Waals surface area contributed by atoms with E-state index in [1.807, 2.05) is 0 Å². The first-order valence-electron chi connectivity index (χ1n) is 3.63. The third-order valence-corrected chi connectivity index (χ3v) is 1.34. The van der Waals surface area contributed by atoms with Gasteiger partial charge in [0.15, 0.2) is 5.57 Å². The maximum Gasteiger partial charge on any atom is 0.350 e. The van der Waals surface area contributed by atoms with Gasteiger partial charge in [0, 0.05) is 12.7 Å². The Kier molecular flexibility index (Phi) is 4.54. The molecular weight excluding hydrogens is 156 g/mol. The summed E-state index contributed by atoms with van der Waals surface area (Å²) >= 11 is 0. The lowest BCUT2D eigenvalue weighted by Gasteiger charge is -2.03. The van der Waals surface area contributed by atoms with Gasteiger partial charge >= 0.3 is 5.97 Å². The van der Waals surface area contributed by atoms with Crippen LogP contribution in [0.2, 0.25) is 0 Å². The summed E-state index contributed by atoms with van der Waals surface area (Å²) in [5.74, 6) is -0.577. The van der Waals surface area contributed by atoms with Crippen LogP contribution in [0.1, 0.15) is 13.8 Å². The number of nitriles is 1. The first kappa shape index (κ1) is 10.5. The van der Waals surface area contributed by atoms with E-state index in [4.69, 9.17) is 5.26 Å². The van der Waals surface area contributed by atoms with Crippen molar-refractivity contribution in [3.63, 3.8) is 0 Å². The zero-order valence-electron chi connectivity index (χ0n) is 7.47. The Hall–Kier alpha value is -1.50. The van der Waals surface area contributed by atoms with Gasteiger partial charge in [0.1, 0.15) is 6.07 Å². The fourth-order valence-electron chi connectivity index (χ4n) is 0.611. The summed E-state index contributed by atoms with van der Waals surface area (Å²) < 4.78 is 4.66. The van der Waals surface area contributed by atoms with E-state index in [1.54, 1.807) is 27.0 Å². The number of allylic oxidation sites excluding steroid dienone is 1. The number of esters is 1. The van der Waals surface area contributed by atoms with Crippen LogP contribution in [0.3, 0.4) is 0 Å². The van der Waals surface area contributed by atoms with Crippen LogP contribution in [0.25, 0.3) is 0 Å². The minimum atomic E-state index is -0.577. The molecule has 0 radical (unpaired) electrons. The molecule has 0 fully saturated rings. The van der Waals surface area contributed by atoms with E-state index >= 15 is 0 Å². The lowest BCUT2D eigenvalue weighted by Crippen LogP contribution is -2.14. The van der Waals surface area contributed by atoms with Gasteiger partial charge in [-0.3, -0.25) is 0 Å². The number of carbonyl (C=O) groups is 1. The van der Waals surface area contributed by atoms with Crippen LogP contribution in [0, 0.1) is 11.3 Å². The smallest absolute Gasteiger partial charge is 0.350 e. The molecule has 0 aromatic rings. The van der Waals surface area contributed by atoms with Crippen molar-refractivity contribution < 1.29 is 9.53 Å². The van der Waals surface area contributed by atoms with E-state index in [0.717, 1.165) is 0 Å². The Morgan fingerprint density at radius 1 is 1.67 bits per heavy atom. The summed E-state index contributed by atoms with van der Waals surface area (Å²) in [6.45, 7) is 3.62. The van der Waals surface area contributed by atoms with E-state index in [1.165, 1.54) is 0 Å². The summed E-state index contributed by atoms with van der Waals surface area (Å²) in [6, 6.07) is 1.78. The molecular formula is C8H12N2O2. The Morgan fingerprint density at radius 2 is 2.25 bits per heavy atom. The Balaban J connectivity index is 4.59. The van der Waals surface area contributed by atoms with Gasteiger partial charge in [-0.1, -0.05) is 0 Å². The summed E-state index contributed by atoms with van der Waals surface area (Å²) in [5, 5.41) is 11.3. The molecule has 66 valence electrons. The van der Waals surface area contributed by atoms with E-state index in [2.05, 4.69) is 10.1 Å². The second kappa shape index (κ2) is 5.19. The number of carbonyl (C=O) groups excluding carboxylic acids is 1. The van der Waals surface area contributed by atoms with Crippen LogP contribution in [0.5, 0.6) is 0 Å². The van der Waals surface area contributed by atoms with E-state index in [9.17, 15) is 4.79 Å². The van der Waals surface area contributed by atoms with E-state index in [0.29, 0.717) is 5.70 Å². The van der Waals surface area contributed by atoms with Gasteiger partial charge in [0.25, 0.3) is 0 Å². The van der Waals surface area contributed by atoms with Crippen molar-refractivity contribution in [2.75, 3.05) is 13.7 Å². The average molecular weight is 168 g/mol. The topological polar surface area (TPSA) is 62.1 Å². The highest BCUT2D eigenvalue weighted by molar-refractivity contribution is 5.93. The van der Waals surface area contributed by atoms with Gasteiger partial charge in [-0.15, -0.1) is 0 Å². The average Bonchev–Trinajstić information content (AvgIpc) is 2.06. The second-order valence-electron chi connectivity index (χ2n) is 2.08. The van der Waals surface area contributed by atoms with Crippen molar-refractivity contribution in [2.45, 2.75) is 13.8 Å². The molecule has 0 aliphatic carbocycles. The molecule has 0 atom stereocenters. The maximum absolute atomic E-state index is 11.0. The predicted octanol–water partition coefficient (Wildman–Crippen LogP) is 0.566. The monoisotopic (exact) mass is 168 g/mol. The standard InChI is InChI=1S/C8H12N2O2/c1-4-12-8(11)7(5-9)6(2)10-3/h10H,4H2,1-3H3. The summed E-state index contributed by atoms with van der Waals surface area (Å²) in [5.41, 5.74) is 0.551. The van der Waals surface area contributed by atoms with Crippen molar-refractivity contribution in [1.82, 2.24) is 5.32 Å². The molecule has 0 aromatic heterocycles. The molecule has 0 aliphatic heterocycles. The fraction of sp³-hybridized carbons (Fsp3) is 0.500. The van der Waals surface area contributed by atoms with Gasteiger partial charge in [-0.2, -0.15) is 5.26 Å². The minimum absolute atomic E-state index is 0.0272. The lowest BCUT2D eigenvalue weighted by atomic mass is 10.2. The van der Waals surface area contributed by atoms with Gasteiger partial charge in [0.2, 0.25) is 0 Å². The molecule has 4 nitrogen and oxygen atoms in total. The molecule has 0 aromatic carbocycles. The molecule has 0 rings (SSSR count). The maximum atomic E-state index is 11.0. The van der Waals surface area contributed by atoms with Crippen molar-refractivity contribution in [2.24, 2.45) is 0 Å². The molecule has 0 unspecified atom stereocenters. The van der Waals surface area contributed by atoms with Crippen molar-refractivity contribution in [1.29, 1.82) is 5.26 Å². The summed E-state index contributed by atoms with van der Waals surface area (Å²) in [7, 11) is 1.64. The van der Waals surface area contributed by atoms with Crippen LogP contribution >= 0.6 is 0 Å². The van der Waals surface area contributed by atoms with Crippen molar-refractivity contribution in [3.05, 3.63) is 11.3 Å². The van der Waals surface area contributed by atoms with Crippen molar-refractivity contribution >= 4 is 5.97 Å². The minimum Gasteiger partial charge on any atom is -0.462 e. The number of nitrogens with zero attached hydrogens (tertiary/aromatic N) is 1. The van der Waals surface area contributed by atoms with E-state index < -0.39 is 5.97 Å². The summed E-state index contributed by atoms with van der Waals surface area (Å²) in [6.07, 6.45) is 0. The number of ether oxygens (including phenoxy) is 1. The number of rotatable bonds is 3. The zero-order valence-corrected chi connectivity index (χ0v) is 7.47. The molecule has 0 saturated carbocycles. The van der Waals surface area contributed by atoms with Gasteiger partial charge < -0.3 is 10.1 Å². The molecule has 0 spiro atoms.